The van der Waals surface area contributed by atoms with Crippen LogP contribution in [0.5, 0.6) is 5.75 Å². The highest BCUT2D eigenvalue weighted by Crippen LogP contribution is 2.38. The second-order valence-corrected chi connectivity index (χ2v) is 8.37. The van der Waals surface area contributed by atoms with E-state index in [1.54, 1.807) is 56.9 Å². The zero-order valence-corrected chi connectivity index (χ0v) is 18.5. The van der Waals surface area contributed by atoms with E-state index in [0.717, 1.165) is 5.56 Å². The van der Waals surface area contributed by atoms with E-state index in [1.165, 1.54) is 0 Å². The van der Waals surface area contributed by atoms with Gasteiger partial charge in [0.05, 0.1) is 17.4 Å². The van der Waals surface area contributed by atoms with Crippen molar-refractivity contribution in [1.29, 1.82) is 0 Å². The molecule has 1 aliphatic rings. The largest absolute Gasteiger partial charge is 0.476 e. The highest BCUT2D eigenvalue weighted by atomic mass is 16.5. The molecule has 1 N–H and O–H groups in total. The third kappa shape index (κ3) is 5.23. The number of aryl methyl sites for hydroxylation is 1. The van der Waals surface area contributed by atoms with Gasteiger partial charge in [-0.2, -0.15) is 0 Å². The van der Waals surface area contributed by atoms with Crippen molar-refractivity contribution in [3.05, 3.63) is 53.6 Å². The summed E-state index contributed by atoms with van der Waals surface area (Å²) < 4.78 is 11.0. The van der Waals surface area contributed by atoms with Crippen LogP contribution >= 0.6 is 0 Å². The first kappa shape index (κ1) is 22.3. The summed E-state index contributed by atoms with van der Waals surface area (Å²) in [5.74, 6) is -0.288. The minimum Gasteiger partial charge on any atom is -0.476 e. The molecule has 0 aliphatic carbocycles. The maximum absolute atomic E-state index is 12.9. The van der Waals surface area contributed by atoms with Crippen molar-refractivity contribution in [2.45, 2.75) is 52.7 Å². The highest BCUT2D eigenvalue weighted by molar-refractivity contribution is 6.03. The van der Waals surface area contributed by atoms with Crippen molar-refractivity contribution in [3.63, 3.8) is 0 Å². The number of carbonyl (C=O) groups excluding carboxylic acids is 3. The number of carbonyl (C=O) groups is 3. The number of benzene rings is 2. The standard InChI is InChI=1S/C24H28N2O5/c1-15(2)30-22(28)17-7-6-8-18(14-17)25-21(27)11-12-26-19-13-16(3)9-10-20(19)31-24(4,5)23(26)29/h6-10,13-15H,11-12H2,1-5H3,(H,25,27). The summed E-state index contributed by atoms with van der Waals surface area (Å²) in [6.45, 7) is 9.13. The minimum absolute atomic E-state index is 0.0931. The molecule has 2 aromatic rings. The number of nitrogens with one attached hydrogen (secondary N) is 1. The van der Waals surface area contributed by atoms with Crippen LogP contribution in [0.1, 0.15) is 50.0 Å². The molecule has 2 aromatic carbocycles. The molecule has 2 amide bonds. The van der Waals surface area contributed by atoms with Gasteiger partial charge in [-0.15, -0.1) is 0 Å². The predicted octanol–water partition coefficient (Wildman–Crippen LogP) is 4.09. The fourth-order valence-electron chi connectivity index (χ4n) is 3.34. The average molecular weight is 424 g/mol. The molecular weight excluding hydrogens is 396 g/mol. The Morgan fingerprint density at radius 2 is 1.90 bits per heavy atom. The maximum Gasteiger partial charge on any atom is 0.338 e. The quantitative estimate of drug-likeness (QED) is 0.706. The number of esters is 1. The fourth-order valence-corrected chi connectivity index (χ4v) is 3.34. The van der Waals surface area contributed by atoms with Crippen LogP contribution in [0.2, 0.25) is 0 Å². The molecule has 0 saturated carbocycles. The van der Waals surface area contributed by atoms with E-state index in [0.29, 0.717) is 22.7 Å². The molecular formula is C24H28N2O5. The van der Waals surface area contributed by atoms with Crippen LogP contribution in [0.15, 0.2) is 42.5 Å². The summed E-state index contributed by atoms with van der Waals surface area (Å²) in [5.41, 5.74) is 1.50. The molecule has 0 unspecified atom stereocenters. The Bertz CT molecular complexity index is 1010. The Hall–Kier alpha value is -3.35. The monoisotopic (exact) mass is 424 g/mol. The van der Waals surface area contributed by atoms with E-state index >= 15 is 0 Å². The lowest BCUT2D eigenvalue weighted by molar-refractivity contribution is -0.132. The average Bonchev–Trinajstić information content (AvgIpc) is 2.68. The van der Waals surface area contributed by atoms with E-state index in [-0.39, 0.29) is 30.9 Å². The summed E-state index contributed by atoms with van der Waals surface area (Å²) in [6.07, 6.45) is -0.136. The topological polar surface area (TPSA) is 84.9 Å². The molecule has 0 aromatic heterocycles. The lowest BCUT2D eigenvalue weighted by Gasteiger charge is -2.38. The molecule has 164 valence electrons. The second-order valence-electron chi connectivity index (χ2n) is 8.37. The van der Waals surface area contributed by atoms with Gasteiger partial charge in [-0.3, -0.25) is 9.59 Å². The lowest BCUT2D eigenvalue weighted by atomic mass is 10.0. The molecule has 0 fully saturated rings. The lowest BCUT2D eigenvalue weighted by Crippen LogP contribution is -2.53. The number of anilines is 2. The first-order valence-electron chi connectivity index (χ1n) is 10.3. The third-order valence-electron chi connectivity index (χ3n) is 4.82. The van der Waals surface area contributed by atoms with Crippen molar-refractivity contribution in [1.82, 2.24) is 0 Å². The third-order valence-corrected chi connectivity index (χ3v) is 4.82. The normalized spacial score (nSPS) is 14.6. The number of amides is 2. The molecule has 0 spiro atoms. The van der Waals surface area contributed by atoms with E-state index in [1.807, 2.05) is 25.1 Å². The summed E-state index contributed by atoms with van der Waals surface area (Å²) in [7, 11) is 0. The van der Waals surface area contributed by atoms with Crippen LogP contribution < -0.4 is 15.0 Å². The van der Waals surface area contributed by atoms with Gasteiger partial charge in [-0.05, 0) is 70.5 Å². The van der Waals surface area contributed by atoms with Gasteiger partial charge >= 0.3 is 5.97 Å². The highest BCUT2D eigenvalue weighted by Gasteiger charge is 2.40. The number of ether oxygens (including phenoxy) is 2. The second kappa shape index (κ2) is 8.79. The molecule has 7 heteroatoms. The Labute approximate surface area is 182 Å². The SMILES string of the molecule is Cc1ccc2c(c1)N(CCC(=O)Nc1cccc(C(=O)OC(C)C)c1)C(=O)C(C)(C)O2. The first-order chi connectivity index (χ1) is 14.6. The smallest absolute Gasteiger partial charge is 0.338 e. The van der Waals surface area contributed by atoms with Crippen molar-refractivity contribution in [3.8, 4) is 5.75 Å². The summed E-state index contributed by atoms with van der Waals surface area (Å²) in [4.78, 5) is 39.2. The van der Waals surface area contributed by atoms with Gasteiger partial charge in [0.25, 0.3) is 5.91 Å². The van der Waals surface area contributed by atoms with Crippen LogP contribution in [0.3, 0.4) is 0 Å². The number of rotatable bonds is 6. The van der Waals surface area contributed by atoms with Gasteiger partial charge < -0.3 is 19.7 Å². The molecule has 0 radical (unpaired) electrons. The molecule has 31 heavy (non-hydrogen) atoms. The molecule has 0 saturated heterocycles. The minimum atomic E-state index is -1.01. The maximum atomic E-state index is 12.9. The van der Waals surface area contributed by atoms with Crippen LogP contribution in [0.25, 0.3) is 0 Å². The fraction of sp³-hybridized carbons (Fsp3) is 0.375. The van der Waals surface area contributed by atoms with E-state index < -0.39 is 11.6 Å². The molecule has 0 atom stereocenters. The molecule has 0 bridgehead atoms. The van der Waals surface area contributed by atoms with Crippen molar-refractivity contribution in [2.75, 3.05) is 16.8 Å². The number of hydrogen-bond donors (Lipinski definition) is 1. The van der Waals surface area contributed by atoms with Gasteiger partial charge in [0.2, 0.25) is 5.91 Å². The van der Waals surface area contributed by atoms with Crippen molar-refractivity contribution in [2.24, 2.45) is 0 Å². The summed E-state index contributed by atoms with van der Waals surface area (Å²) in [6, 6.07) is 12.2. The molecule has 1 aliphatic heterocycles. The van der Waals surface area contributed by atoms with Crippen LogP contribution in [0, 0.1) is 6.92 Å². The zero-order valence-electron chi connectivity index (χ0n) is 18.5. The first-order valence-corrected chi connectivity index (χ1v) is 10.3. The number of fused-ring (bicyclic) bond motifs is 1. The predicted molar refractivity (Wildman–Crippen MR) is 118 cm³/mol. The summed E-state index contributed by atoms with van der Waals surface area (Å²) in [5, 5.41) is 2.79. The van der Waals surface area contributed by atoms with Crippen molar-refractivity contribution < 1.29 is 23.9 Å². The van der Waals surface area contributed by atoms with Gasteiger partial charge in [0, 0.05) is 18.7 Å². The Morgan fingerprint density at radius 3 is 2.61 bits per heavy atom. The summed E-state index contributed by atoms with van der Waals surface area (Å²) >= 11 is 0. The van der Waals surface area contributed by atoms with E-state index in [2.05, 4.69) is 5.32 Å². The molecule has 3 rings (SSSR count). The number of nitrogens with zero attached hydrogens (tertiary/aromatic N) is 1. The molecule has 1 heterocycles. The van der Waals surface area contributed by atoms with E-state index in [4.69, 9.17) is 9.47 Å². The Morgan fingerprint density at radius 1 is 1.16 bits per heavy atom. The van der Waals surface area contributed by atoms with Crippen LogP contribution in [-0.2, 0) is 14.3 Å². The Kier molecular flexibility index (Phi) is 6.34. The van der Waals surface area contributed by atoms with Gasteiger partial charge in [-0.25, -0.2) is 4.79 Å². The molecule has 7 nitrogen and oxygen atoms in total. The van der Waals surface area contributed by atoms with Gasteiger partial charge in [-0.1, -0.05) is 12.1 Å². The Balaban J connectivity index is 1.69. The van der Waals surface area contributed by atoms with Gasteiger partial charge in [0.1, 0.15) is 5.75 Å². The number of hydrogen-bond acceptors (Lipinski definition) is 5. The van der Waals surface area contributed by atoms with Crippen molar-refractivity contribution >= 4 is 29.2 Å². The van der Waals surface area contributed by atoms with Crippen LogP contribution in [-0.4, -0.2) is 36.0 Å². The van der Waals surface area contributed by atoms with E-state index in [9.17, 15) is 14.4 Å². The van der Waals surface area contributed by atoms with Crippen LogP contribution in [0.4, 0.5) is 11.4 Å². The zero-order chi connectivity index (χ0) is 22.8. The van der Waals surface area contributed by atoms with Gasteiger partial charge in [0.15, 0.2) is 5.60 Å².